The molecule has 0 radical (unpaired) electrons. The lowest BCUT2D eigenvalue weighted by atomic mass is 10.1. The van der Waals surface area contributed by atoms with Gasteiger partial charge in [-0.25, -0.2) is 0 Å². The molecule has 0 unspecified atom stereocenters. The number of benzene rings is 2. The third-order valence-electron chi connectivity index (χ3n) is 5.48. The number of hydrogen-bond donors (Lipinski definition) is 1. The number of rotatable bonds is 8. The van der Waals surface area contributed by atoms with Crippen molar-refractivity contribution in [3.8, 4) is 11.5 Å². The maximum absolute atomic E-state index is 12.6. The Morgan fingerprint density at radius 2 is 1.97 bits per heavy atom. The summed E-state index contributed by atoms with van der Waals surface area (Å²) in [4.78, 5) is 12.6. The van der Waals surface area contributed by atoms with Crippen LogP contribution in [0.25, 0.3) is 0 Å². The highest BCUT2D eigenvalue weighted by Crippen LogP contribution is 2.40. The molecule has 2 aromatic carbocycles. The van der Waals surface area contributed by atoms with Crippen molar-refractivity contribution in [3.63, 3.8) is 0 Å². The molecule has 31 heavy (non-hydrogen) atoms. The summed E-state index contributed by atoms with van der Waals surface area (Å²) in [5.74, 6) is 3.21. The van der Waals surface area contributed by atoms with Crippen molar-refractivity contribution in [3.05, 3.63) is 65.5 Å². The molecule has 1 amide bonds. The van der Waals surface area contributed by atoms with Crippen LogP contribution in [0.1, 0.15) is 48.7 Å². The van der Waals surface area contributed by atoms with E-state index in [1.807, 2.05) is 43.3 Å². The van der Waals surface area contributed by atoms with Crippen LogP contribution in [0.4, 0.5) is 0 Å². The highest BCUT2D eigenvalue weighted by atomic mass is 32.2. The third kappa shape index (κ3) is 4.54. The largest absolute Gasteiger partial charge is 0.454 e. The molecular weight excluding hydrogens is 412 g/mol. The Labute approximate surface area is 185 Å². The molecule has 160 valence electrons. The molecule has 1 atom stereocenters. The van der Waals surface area contributed by atoms with E-state index in [4.69, 9.17) is 9.47 Å². The van der Waals surface area contributed by atoms with E-state index in [1.165, 1.54) is 17.3 Å². The van der Waals surface area contributed by atoms with E-state index in [0.717, 1.165) is 47.4 Å². The molecule has 0 bridgehead atoms. The van der Waals surface area contributed by atoms with Gasteiger partial charge in [-0.05, 0) is 43.0 Å². The molecule has 2 aliphatic rings. The summed E-state index contributed by atoms with van der Waals surface area (Å²) in [5, 5.41) is 12.7. The van der Waals surface area contributed by atoms with E-state index in [9.17, 15) is 4.79 Å². The zero-order valence-electron chi connectivity index (χ0n) is 17.3. The predicted molar refractivity (Wildman–Crippen MR) is 117 cm³/mol. The van der Waals surface area contributed by atoms with Gasteiger partial charge >= 0.3 is 0 Å². The van der Waals surface area contributed by atoms with E-state index in [0.29, 0.717) is 5.92 Å². The number of hydrogen-bond acceptors (Lipinski definition) is 6. The molecule has 1 saturated carbocycles. The van der Waals surface area contributed by atoms with Crippen molar-refractivity contribution >= 4 is 17.7 Å². The van der Waals surface area contributed by atoms with Crippen molar-refractivity contribution in [1.82, 2.24) is 20.1 Å². The second-order valence-electron chi connectivity index (χ2n) is 7.88. The summed E-state index contributed by atoms with van der Waals surface area (Å²) >= 11 is 1.43. The smallest absolute Gasteiger partial charge is 0.231 e. The second-order valence-corrected chi connectivity index (χ2v) is 8.82. The van der Waals surface area contributed by atoms with Crippen LogP contribution in [0.5, 0.6) is 11.5 Å². The van der Waals surface area contributed by atoms with Crippen LogP contribution < -0.4 is 14.8 Å². The van der Waals surface area contributed by atoms with Crippen LogP contribution in [0, 0.1) is 0 Å². The zero-order valence-corrected chi connectivity index (χ0v) is 18.1. The van der Waals surface area contributed by atoms with Crippen LogP contribution >= 0.6 is 11.8 Å². The van der Waals surface area contributed by atoms with Crippen molar-refractivity contribution < 1.29 is 14.3 Å². The fraction of sp³-hybridized carbons (Fsp3) is 0.348. The van der Waals surface area contributed by atoms with Gasteiger partial charge in [-0.1, -0.05) is 48.2 Å². The first-order chi connectivity index (χ1) is 15.2. The lowest BCUT2D eigenvalue weighted by molar-refractivity contribution is -0.119. The van der Waals surface area contributed by atoms with Gasteiger partial charge in [0.15, 0.2) is 16.7 Å². The van der Waals surface area contributed by atoms with Crippen molar-refractivity contribution in [2.45, 2.75) is 43.4 Å². The molecule has 1 fully saturated rings. The van der Waals surface area contributed by atoms with Crippen LogP contribution in [-0.4, -0.2) is 33.2 Å². The Hall–Kier alpha value is -3.00. The number of aromatic nitrogens is 3. The summed E-state index contributed by atoms with van der Waals surface area (Å²) in [6, 6.07) is 15.9. The van der Waals surface area contributed by atoms with Crippen molar-refractivity contribution in [1.29, 1.82) is 0 Å². The first-order valence-electron chi connectivity index (χ1n) is 10.5. The van der Waals surface area contributed by atoms with E-state index in [-0.39, 0.29) is 24.5 Å². The summed E-state index contributed by atoms with van der Waals surface area (Å²) < 4.78 is 12.9. The minimum absolute atomic E-state index is 0.0441. The minimum atomic E-state index is -0.133. The summed E-state index contributed by atoms with van der Waals surface area (Å²) in [6.07, 6.45) is 2.32. The Bertz CT molecular complexity index is 1080. The molecule has 0 saturated heterocycles. The number of carbonyl (C=O) groups excluding carboxylic acids is 1. The molecule has 7 nitrogen and oxygen atoms in total. The molecular formula is C23H24N4O3S. The molecule has 8 heteroatoms. The Morgan fingerprint density at radius 1 is 1.16 bits per heavy atom. The lowest BCUT2D eigenvalue weighted by Gasteiger charge is -2.15. The van der Waals surface area contributed by atoms with Crippen LogP contribution in [-0.2, 0) is 11.3 Å². The molecule has 0 spiro atoms. The predicted octanol–water partition coefficient (Wildman–Crippen LogP) is 3.90. The lowest BCUT2D eigenvalue weighted by Crippen LogP contribution is -2.28. The van der Waals surface area contributed by atoms with Gasteiger partial charge in [0.1, 0.15) is 5.82 Å². The Morgan fingerprint density at radius 3 is 2.77 bits per heavy atom. The van der Waals surface area contributed by atoms with Gasteiger partial charge in [-0.2, -0.15) is 0 Å². The highest BCUT2D eigenvalue weighted by Gasteiger charge is 2.30. The van der Waals surface area contributed by atoms with E-state index in [1.54, 1.807) is 0 Å². The SMILES string of the molecule is C[C@@H](NC(=O)CSc1nnc(C2CC2)n1Cc1ccccc1)c1ccc2c(c1)OCO2. The minimum Gasteiger partial charge on any atom is -0.454 e. The quantitative estimate of drug-likeness (QED) is 0.540. The van der Waals surface area contributed by atoms with Gasteiger partial charge in [0, 0.05) is 5.92 Å². The standard InChI is InChI=1S/C23H24N4O3S/c1-15(18-9-10-19-20(11-18)30-14-29-19)24-21(28)13-31-23-26-25-22(17-7-8-17)27(23)12-16-5-3-2-4-6-16/h2-6,9-11,15,17H,7-8,12-14H2,1H3,(H,24,28)/t15-/m1/s1. The monoisotopic (exact) mass is 436 g/mol. The van der Waals surface area contributed by atoms with Gasteiger partial charge in [-0.3, -0.25) is 4.79 Å². The van der Waals surface area contributed by atoms with Gasteiger partial charge in [0.05, 0.1) is 18.3 Å². The first-order valence-corrected chi connectivity index (χ1v) is 11.4. The number of thioether (sulfide) groups is 1. The Kier molecular flexibility index (Phi) is 5.55. The number of ether oxygens (including phenoxy) is 2. The third-order valence-corrected chi connectivity index (χ3v) is 6.44. The summed E-state index contributed by atoms with van der Waals surface area (Å²) in [6.45, 7) is 2.92. The average Bonchev–Trinajstić information content (AvgIpc) is 3.38. The fourth-order valence-electron chi connectivity index (χ4n) is 3.64. The van der Waals surface area contributed by atoms with E-state index >= 15 is 0 Å². The van der Waals surface area contributed by atoms with Crippen LogP contribution in [0.2, 0.25) is 0 Å². The molecule has 1 aliphatic heterocycles. The molecule has 2 heterocycles. The maximum atomic E-state index is 12.6. The van der Waals surface area contributed by atoms with E-state index < -0.39 is 0 Å². The number of nitrogens with zero attached hydrogens (tertiary/aromatic N) is 3. The van der Waals surface area contributed by atoms with Crippen molar-refractivity contribution in [2.75, 3.05) is 12.5 Å². The maximum Gasteiger partial charge on any atom is 0.231 e. The second kappa shape index (κ2) is 8.63. The topological polar surface area (TPSA) is 78.3 Å². The number of amides is 1. The summed E-state index contributed by atoms with van der Waals surface area (Å²) in [7, 11) is 0. The summed E-state index contributed by atoms with van der Waals surface area (Å²) in [5.41, 5.74) is 2.18. The zero-order chi connectivity index (χ0) is 21.2. The van der Waals surface area contributed by atoms with Gasteiger partial charge in [0.25, 0.3) is 0 Å². The molecule has 1 aliphatic carbocycles. The van der Waals surface area contributed by atoms with E-state index in [2.05, 4.69) is 32.2 Å². The number of carbonyl (C=O) groups is 1. The van der Waals surface area contributed by atoms with Crippen LogP contribution in [0.3, 0.4) is 0 Å². The number of fused-ring (bicyclic) bond motifs is 1. The molecule has 1 aromatic heterocycles. The van der Waals surface area contributed by atoms with Crippen molar-refractivity contribution in [2.24, 2.45) is 0 Å². The van der Waals surface area contributed by atoms with Gasteiger partial charge in [0.2, 0.25) is 12.7 Å². The number of nitrogens with one attached hydrogen (secondary N) is 1. The Balaban J connectivity index is 1.23. The van der Waals surface area contributed by atoms with Crippen LogP contribution in [0.15, 0.2) is 53.7 Å². The molecule has 3 aromatic rings. The average molecular weight is 437 g/mol. The normalized spacial score (nSPS) is 15.6. The van der Waals surface area contributed by atoms with Gasteiger partial charge < -0.3 is 19.4 Å². The molecule has 1 N–H and O–H groups in total. The van der Waals surface area contributed by atoms with Gasteiger partial charge in [-0.15, -0.1) is 10.2 Å². The highest BCUT2D eigenvalue weighted by molar-refractivity contribution is 7.99. The first kappa shape index (κ1) is 19.9. The molecule has 5 rings (SSSR count). The fourth-order valence-corrected chi connectivity index (χ4v) is 4.40.